The molecule has 2 aromatic carbocycles. The van der Waals surface area contributed by atoms with Crippen LogP contribution in [-0.4, -0.2) is 17.1 Å². The lowest BCUT2D eigenvalue weighted by atomic mass is 10.1. The zero-order valence-electron chi connectivity index (χ0n) is 14.3. The number of fused-ring (bicyclic) bond motifs is 3. The van der Waals surface area contributed by atoms with E-state index in [9.17, 15) is 4.79 Å². The molecule has 3 rings (SSSR count). The maximum atomic E-state index is 11.4. The van der Waals surface area contributed by atoms with E-state index in [1.165, 1.54) is 27.4 Å². The van der Waals surface area contributed by atoms with Crippen LogP contribution >= 0.6 is 0 Å². The highest BCUT2D eigenvalue weighted by Crippen LogP contribution is 2.29. The van der Waals surface area contributed by atoms with Crippen LogP contribution < -0.4 is 0 Å². The quantitative estimate of drug-likeness (QED) is 0.368. The minimum absolute atomic E-state index is 0.309. The van der Waals surface area contributed by atoms with Crippen molar-refractivity contribution in [2.75, 3.05) is 6.61 Å². The lowest BCUT2D eigenvalue weighted by molar-refractivity contribution is -0.139. The number of hydrogen-bond acceptors (Lipinski definition) is 2. The summed E-state index contributed by atoms with van der Waals surface area (Å²) in [7, 11) is 0. The normalized spacial score (nSPS) is 11.1. The lowest BCUT2D eigenvalue weighted by Gasteiger charge is -2.06. The van der Waals surface area contributed by atoms with Crippen molar-refractivity contribution >= 4 is 27.8 Å². The summed E-state index contributed by atoms with van der Waals surface area (Å²) in [5.74, 6) is -0.309. The van der Waals surface area contributed by atoms with Gasteiger partial charge in [-0.25, -0.2) is 4.79 Å². The molecule has 0 aliphatic rings. The van der Waals surface area contributed by atoms with Gasteiger partial charge in [-0.15, -0.1) is 0 Å². The summed E-state index contributed by atoms with van der Waals surface area (Å²) in [5.41, 5.74) is 4.27. The van der Waals surface area contributed by atoms with Gasteiger partial charge in [-0.1, -0.05) is 30.8 Å². The molecule has 1 heterocycles. The van der Waals surface area contributed by atoms with Crippen LogP contribution in [-0.2, 0) is 22.5 Å². The Morgan fingerprint density at radius 3 is 2.62 bits per heavy atom. The van der Waals surface area contributed by atoms with E-state index in [4.69, 9.17) is 4.74 Å². The summed E-state index contributed by atoms with van der Waals surface area (Å²) in [5, 5.41) is 2.59. The first kappa shape index (κ1) is 16.3. The number of aromatic nitrogens is 1. The van der Waals surface area contributed by atoms with Crippen LogP contribution in [0.2, 0.25) is 0 Å². The second kappa shape index (κ2) is 6.91. The third-order valence-electron chi connectivity index (χ3n) is 4.34. The number of ether oxygens (including phenoxy) is 1. The molecule has 0 radical (unpaired) electrons. The molecule has 0 bridgehead atoms. The van der Waals surface area contributed by atoms with Crippen LogP contribution in [0.4, 0.5) is 0 Å². The van der Waals surface area contributed by atoms with Crippen molar-refractivity contribution in [2.24, 2.45) is 0 Å². The molecular formula is C21H23NO2. The summed E-state index contributed by atoms with van der Waals surface area (Å²) in [6.45, 7) is 8.82. The van der Waals surface area contributed by atoms with E-state index >= 15 is 0 Å². The Kier molecular flexibility index (Phi) is 4.70. The number of esters is 1. The molecule has 0 fully saturated rings. The maximum absolute atomic E-state index is 11.4. The fraction of sp³-hybridized carbons (Fsp3) is 0.286. The number of carbonyl (C=O) groups excluding carboxylic acids is 1. The van der Waals surface area contributed by atoms with E-state index in [1.807, 2.05) is 0 Å². The highest BCUT2D eigenvalue weighted by molar-refractivity contribution is 6.08. The van der Waals surface area contributed by atoms with Crippen molar-refractivity contribution in [3.63, 3.8) is 0 Å². The van der Waals surface area contributed by atoms with Gasteiger partial charge in [0.05, 0.1) is 6.61 Å². The predicted octanol–water partition coefficient (Wildman–Crippen LogP) is 4.87. The fourth-order valence-corrected chi connectivity index (χ4v) is 3.16. The standard InChI is InChI=1S/C21H23NO2/c1-4-22-19-10-6-5-9-17(19)18-14-16(11-12-20(18)22)8-7-13-24-21(23)15(2)3/h5-6,9-12,14H,2,4,7-8,13H2,1,3H3. The summed E-state index contributed by atoms with van der Waals surface area (Å²) in [6.07, 6.45) is 1.71. The number of hydrogen-bond donors (Lipinski definition) is 0. The van der Waals surface area contributed by atoms with E-state index in [0.29, 0.717) is 12.2 Å². The fourth-order valence-electron chi connectivity index (χ4n) is 3.16. The van der Waals surface area contributed by atoms with E-state index in [2.05, 4.69) is 60.5 Å². The second-order valence-electron chi connectivity index (χ2n) is 6.13. The molecule has 0 amide bonds. The molecule has 124 valence electrons. The molecule has 0 aliphatic heterocycles. The minimum Gasteiger partial charge on any atom is -0.462 e. The molecule has 0 N–H and O–H groups in total. The molecule has 1 aromatic heterocycles. The van der Waals surface area contributed by atoms with Gasteiger partial charge >= 0.3 is 5.97 Å². The van der Waals surface area contributed by atoms with E-state index in [1.54, 1.807) is 6.92 Å². The molecule has 24 heavy (non-hydrogen) atoms. The van der Waals surface area contributed by atoms with Crippen LogP contribution in [0.5, 0.6) is 0 Å². The number of rotatable bonds is 6. The smallest absolute Gasteiger partial charge is 0.333 e. The first-order valence-corrected chi connectivity index (χ1v) is 8.44. The summed E-state index contributed by atoms with van der Waals surface area (Å²) in [6, 6.07) is 15.2. The van der Waals surface area contributed by atoms with Crippen molar-refractivity contribution in [3.8, 4) is 0 Å². The average Bonchev–Trinajstić information content (AvgIpc) is 2.91. The maximum Gasteiger partial charge on any atom is 0.333 e. The molecule has 3 aromatic rings. The Labute approximate surface area is 142 Å². The number of nitrogens with zero attached hydrogens (tertiary/aromatic N) is 1. The van der Waals surface area contributed by atoms with Crippen LogP contribution in [0.25, 0.3) is 21.8 Å². The van der Waals surface area contributed by atoms with E-state index in [-0.39, 0.29) is 5.97 Å². The van der Waals surface area contributed by atoms with Gasteiger partial charge in [-0.2, -0.15) is 0 Å². The van der Waals surface area contributed by atoms with E-state index < -0.39 is 0 Å². The number of benzene rings is 2. The average molecular weight is 321 g/mol. The van der Waals surface area contributed by atoms with Gasteiger partial charge in [0.1, 0.15) is 0 Å². The molecule has 0 aliphatic carbocycles. The van der Waals surface area contributed by atoms with Gasteiger partial charge in [0.15, 0.2) is 0 Å². The van der Waals surface area contributed by atoms with Gasteiger partial charge in [-0.05, 0) is 50.5 Å². The molecule has 0 saturated heterocycles. The van der Waals surface area contributed by atoms with Gasteiger partial charge in [0.2, 0.25) is 0 Å². The Bertz CT molecular complexity index is 905. The first-order valence-electron chi connectivity index (χ1n) is 8.44. The third-order valence-corrected chi connectivity index (χ3v) is 4.34. The Morgan fingerprint density at radius 2 is 1.88 bits per heavy atom. The molecule has 3 nitrogen and oxygen atoms in total. The Balaban J connectivity index is 1.80. The Hall–Kier alpha value is -2.55. The monoisotopic (exact) mass is 321 g/mol. The summed E-state index contributed by atoms with van der Waals surface area (Å²) < 4.78 is 7.51. The minimum atomic E-state index is -0.309. The molecule has 0 spiro atoms. The topological polar surface area (TPSA) is 31.2 Å². The van der Waals surface area contributed by atoms with Gasteiger partial charge < -0.3 is 9.30 Å². The third kappa shape index (κ3) is 3.07. The van der Waals surface area contributed by atoms with Crippen LogP contribution in [0.3, 0.4) is 0 Å². The van der Waals surface area contributed by atoms with Gasteiger partial charge in [0.25, 0.3) is 0 Å². The van der Waals surface area contributed by atoms with Crippen molar-refractivity contribution in [1.29, 1.82) is 0 Å². The zero-order valence-corrected chi connectivity index (χ0v) is 14.3. The predicted molar refractivity (Wildman–Crippen MR) is 99.2 cm³/mol. The number of carbonyl (C=O) groups is 1. The SMILES string of the molecule is C=C(C)C(=O)OCCCc1ccc2c(c1)c1ccccc1n2CC. The van der Waals surface area contributed by atoms with Crippen LogP contribution in [0.15, 0.2) is 54.6 Å². The number of aryl methyl sites for hydroxylation is 2. The first-order chi connectivity index (χ1) is 11.6. The van der Waals surface area contributed by atoms with Crippen LogP contribution in [0.1, 0.15) is 25.8 Å². The van der Waals surface area contributed by atoms with E-state index in [0.717, 1.165) is 19.4 Å². The molecule has 0 atom stereocenters. The van der Waals surface area contributed by atoms with Crippen molar-refractivity contribution in [2.45, 2.75) is 33.2 Å². The zero-order chi connectivity index (χ0) is 17.1. The van der Waals surface area contributed by atoms with Gasteiger partial charge in [0, 0.05) is 33.9 Å². The van der Waals surface area contributed by atoms with Gasteiger partial charge in [-0.3, -0.25) is 0 Å². The highest BCUT2D eigenvalue weighted by Gasteiger charge is 2.09. The Morgan fingerprint density at radius 1 is 1.12 bits per heavy atom. The molecule has 0 unspecified atom stereocenters. The second-order valence-corrected chi connectivity index (χ2v) is 6.13. The molecule has 3 heteroatoms. The largest absolute Gasteiger partial charge is 0.462 e. The lowest BCUT2D eigenvalue weighted by Crippen LogP contribution is -2.06. The van der Waals surface area contributed by atoms with Crippen molar-refractivity contribution in [1.82, 2.24) is 4.57 Å². The molecular weight excluding hydrogens is 298 g/mol. The summed E-state index contributed by atoms with van der Waals surface area (Å²) in [4.78, 5) is 11.4. The molecule has 0 saturated carbocycles. The summed E-state index contributed by atoms with van der Waals surface area (Å²) >= 11 is 0. The van der Waals surface area contributed by atoms with Crippen molar-refractivity contribution in [3.05, 3.63) is 60.2 Å². The van der Waals surface area contributed by atoms with Crippen molar-refractivity contribution < 1.29 is 9.53 Å². The number of para-hydroxylation sites is 1. The van der Waals surface area contributed by atoms with Crippen LogP contribution in [0, 0.1) is 0 Å². The highest BCUT2D eigenvalue weighted by atomic mass is 16.5.